The van der Waals surface area contributed by atoms with E-state index in [4.69, 9.17) is 12.2 Å². The van der Waals surface area contributed by atoms with E-state index in [1.54, 1.807) is 4.90 Å². The predicted octanol–water partition coefficient (Wildman–Crippen LogP) is 6.05. The van der Waals surface area contributed by atoms with E-state index in [0.29, 0.717) is 15.8 Å². The zero-order chi connectivity index (χ0) is 24.0. The molecular weight excluding hydrogens is 448 g/mol. The van der Waals surface area contributed by atoms with E-state index in [9.17, 15) is 9.59 Å². The van der Waals surface area contributed by atoms with Gasteiger partial charge in [-0.2, -0.15) is 0 Å². The van der Waals surface area contributed by atoms with Crippen LogP contribution in [0.2, 0.25) is 0 Å². The van der Waals surface area contributed by atoms with Crippen LogP contribution < -0.4 is 0 Å². The predicted molar refractivity (Wildman–Crippen MR) is 141 cm³/mol. The highest BCUT2D eigenvalue weighted by molar-refractivity contribution is 8.26. The number of amides is 2. The van der Waals surface area contributed by atoms with E-state index < -0.39 is 0 Å². The van der Waals surface area contributed by atoms with Crippen LogP contribution in [0.3, 0.4) is 0 Å². The van der Waals surface area contributed by atoms with Gasteiger partial charge in [0.05, 0.1) is 4.91 Å². The molecule has 3 rings (SSSR count). The van der Waals surface area contributed by atoms with Crippen molar-refractivity contribution in [3.63, 3.8) is 0 Å². The van der Waals surface area contributed by atoms with Gasteiger partial charge in [-0.3, -0.25) is 14.5 Å². The summed E-state index contributed by atoms with van der Waals surface area (Å²) in [7, 11) is 0. The summed E-state index contributed by atoms with van der Waals surface area (Å²) in [5.74, 6) is -0.131. The van der Waals surface area contributed by atoms with Crippen LogP contribution in [-0.4, -0.2) is 38.0 Å². The van der Waals surface area contributed by atoms with Crippen LogP contribution in [0.25, 0.3) is 6.08 Å². The molecule has 1 aliphatic heterocycles. The molecule has 0 N–H and O–H groups in total. The number of thioether (sulfide) groups is 1. The van der Waals surface area contributed by atoms with E-state index >= 15 is 0 Å². The highest BCUT2D eigenvalue weighted by atomic mass is 32.2. The molecule has 0 bridgehead atoms. The van der Waals surface area contributed by atoms with Crippen LogP contribution in [0.4, 0.5) is 0 Å². The summed E-state index contributed by atoms with van der Waals surface area (Å²) in [5.41, 5.74) is 2.80. The minimum atomic E-state index is -0.332. The zero-order valence-electron chi connectivity index (χ0n) is 19.6. The van der Waals surface area contributed by atoms with Crippen molar-refractivity contribution in [1.82, 2.24) is 9.80 Å². The van der Waals surface area contributed by atoms with Crippen LogP contribution in [-0.2, 0) is 16.1 Å². The van der Waals surface area contributed by atoms with Crippen molar-refractivity contribution in [2.75, 3.05) is 6.54 Å². The highest BCUT2D eigenvalue weighted by Gasteiger charge is 2.33. The summed E-state index contributed by atoms with van der Waals surface area (Å²) in [6.07, 6.45) is 4.12. The second-order valence-electron chi connectivity index (χ2n) is 9.02. The van der Waals surface area contributed by atoms with Crippen molar-refractivity contribution in [2.24, 2.45) is 0 Å². The van der Waals surface area contributed by atoms with Crippen LogP contribution in [0.5, 0.6) is 0 Å². The third-order valence-electron chi connectivity index (χ3n) is 5.27. The van der Waals surface area contributed by atoms with Crippen molar-refractivity contribution in [3.8, 4) is 0 Å². The number of rotatable bonds is 7. The lowest BCUT2D eigenvalue weighted by Crippen LogP contribution is -2.46. The molecule has 172 valence electrons. The maximum Gasteiger partial charge on any atom is 0.266 e. The number of nitrogens with zero attached hydrogens (tertiary/aromatic N) is 2. The Kier molecular flexibility index (Phi) is 8.27. The van der Waals surface area contributed by atoms with Gasteiger partial charge >= 0.3 is 0 Å². The summed E-state index contributed by atoms with van der Waals surface area (Å²) in [6.45, 7) is 8.86. The first-order valence-corrected chi connectivity index (χ1v) is 12.2. The molecule has 0 atom stereocenters. The molecule has 2 aromatic carbocycles. The van der Waals surface area contributed by atoms with Crippen molar-refractivity contribution < 1.29 is 9.59 Å². The van der Waals surface area contributed by atoms with Gasteiger partial charge in [-0.05, 0) is 50.5 Å². The molecule has 2 aromatic rings. The molecule has 0 aliphatic carbocycles. The van der Waals surface area contributed by atoms with Gasteiger partial charge in [0, 0.05) is 25.0 Å². The number of carbonyl (C=O) groups excluding carboxylic acids is 2. The van der Waals surface area contributed by atoms with E-state index in [-0.39, 0.29) is 30.3 Å². The van der Waals surface area contributed by atoms with Crippen molar-refractivity contribution in [1.29, 1.82) is 0 Å². The Labute approximate surface area is 206 Å². The summed E-state index contributed by atoms with van der Waals surface area (Å²) in [6, 6.07) is 19.9. The van der Waals surface area contributed by atoms with Crippen LogP contribution >= 0.6 is 24.0 Å². The third kappa shape index (κ3) is 6.89. The molecule has 0 spiro atoms. The Hall–Kier alpha value is -2.70. The first-order chi connectivity index (χ1) is 15.6. The Morgan fingerprint density at radius 2 is 1.67 bits per heavy atom. The summed E-state index contributed by atoms with van der Waals surface area (Å²) in [5, 5.41) is 0. The minimum absolute atomic E-state index is 0.00420. The molecule has 6 heteroatoms. The first kappa shape index (κ1) is 24.9. The van der Waals surface area contributed by atoms with E-state index in [1.165, 1.54) is 11.8 Å². The number of benzene rings is 2. The molecule has 2 amide bonds. The maximum absolute atomic E-state index is 13.1. The van der Waals surface area contributed by atoms with Crippen LogP contribution in [0.1, 0.15) is 45.2 Å². The Balaban J connectivity index is 1.66. The second-order valence-corrected chi connectivity index (χ2v) is 10.7. The van der Waals surface area contributed by atoms with E-state index in [1.807, 2.05) is 105 Å². The van der Waals surface area contributed by atoms with E-state index in [0.717, 1.165) is 16.7 Å². The molecule has 1 saturated heterocycles. The molecule has 0 unspecified atom stereocenters. The Bertz CT molecular complexity index is 1070. The van der Waals surface area contributed by atoms with Gasteiger partial charge in [0.1, 0.15) is 4.32 Å². The van der Waals surface area contributed by atoms with Crippen molar-refractivity contribution in [3.05, 3.63) is 88.3 Å². The van der Waals surface area contributed by atoms with Crippen molar-refractivity contribution >= 4 is 46.2 Å². The fourth-order valence-corrected chi connectivity index (χ4v) is 4.92. The lowest BCUT2D eigenvalue weighted by atomic mass is 10.0. The average Bonchev–Trinajstić information content (AvgIpc) is 3.03. The van der Waals surface area contributed by atoms with Crippen molar-refractivity contribution in [2.45, 2.75) is 46.2 Å². The zero-order valence-corrected chi connectivity index (χ0v) is 21.2. The lowest BCUT2D eigenvalue weighted by molar-refractivity contribution is -0.137. The second kappa shape index (κ2) is 10.9. The Morgan fingerprint density at radius 1 is 1.06 bits per heavy atom. The molecule has 33 heavy (non-hydrogen) atoms. The molecule has 1 heterocycles. The standard InChI is InChI=1S/C27H30N2O2S2/c1-20(17-21-11-7-5-8-12-21)18-23-25(31)28(26(32)33-23)16-15-24(30)29(27(2,3)4)19-22-13-9-6-10-14-22/h5-14,17-18H,15-16,19H2,1-4H3/b20-17-,23-18+. The fraction of sp³-hybridized carbons (Fsp3) is 0.296. The summed E-state index contributed by atoms with van der Waals surface area (Å²) in [4.78, 5) is 30.1. The van der Waals surface area contributed by atoms with Crippen LogP contribution in [0.15, 0.2) is 77.2 Å². The number of allylic oxidation sites excluding steroid dienone is 2. The molecule has 1 fully saturated rings. The monoisotopic (exact) mass is 478 g/mol. The van der Waals surface area contributed by atoms with E-state index in [2.05, 4.69) is 0 Å². The third-order valence-corrected chi connectivity index (χ3v) is 6.65. The topological polar surface area (TPSA) is 40.6 Å². The molecule has 0 saturated carbocycles. The van der Waals surface area contributed by atoms with Gasteiger partial charge in [-0.25, -0.2) is 0 Å². The van der Waals surface area contributed by atoms with Gasteiger partial charge in [0.2, 0.25) is 5.91 Å². The van der Waals surface area contributed by atoms with Gasteiger partial charge in [-0.15, -0.1) is 0 Å². The molecule has 4 nitrogen and oxygen atoms in total. The minimum Gasteiger partial charge on any atom is -0.333 e. The fourth-order valence-electron chi connectivity index (χ4n) is 3.56. The van der Waals surface area contributed by atoms with Gasteiger partial charge in [0.25, 0.3) is 5.91 Å². The summed E-state index contributed by atoms with van der Waals surface area (Å²) < 4.78 is 0.497. The van der Waals surface area contributed by atoms with Gasteiger partial charge in [-0.1, -0.05) is 90.7 Å². The molecule has 0 aromatic heterocycles. The SMILES string of the molecule is CC(=C/c1ccccc1)/C=C1/SC(=S)N(CCC(=O)N(Cc2ccccc2)C(C)(C)C)C1=O. The maximum atomic E-state index is 13.1. The Morgan fingerprint density at radius 3 is 2.27 bits per heavy atom. The van der Waals surface area contributed by atoms with Gasteiger partial charge in [0.15, 0.2) is 0 Å². The van der Waals surface area contributed by atoms with Gasteiger partial charge < -0.3 is 4.90 Å². The normalized spacial score (nSPS) is 15.9. The number of thiocarbonyl (C=S) groups is 1. The average molecular weight is 479 g/mol. The highest BCUT2D eigenvalue weighted by Crippen LogP contribution is 2.32. The molecule has 0 radical (unpaired) electrons. The number of hydrogen-bond donors (Lipinski definition) is 0. The van der Waals surface area contributed by atoms with Crippen LogP contribution in [0, 0.1) is 0 Å². The number of hydrogen-bond acceptors (Lipinski definition) is 4. The number of carbonyl (C=O) groups is 2. The molecular formula is C27H30N2O2S2. The quantitative estimate of drug-likeness (QED) is 0.359. The molecule has 1 aliphatic rings. The largest absolute Gasteiger partial charge is 0.333 e. The smallest absolute Gasteiger partial charge is 0.266 e. The lowest BCUT2D eigenvalue weighted by Gasteiger charge is -2.36. The summed E-state index contributed by atoms with van der Waals surface area (Å²) >= 11 is 6.75. The first-order valence-electron chi connectivity index (χ1n) is 11.0.